The van der Waals surface area contributed by atoms with Gasteiger partial charge in [0, 0.05) is 32.7 Å². The molecule has 0 spiro atoms. The number of aromatic nitrogens is 2. The smallest absolute Gasteiger partial charge is 0.272 e. The van der Waals surface area contributed by atoms with Crippen LogP contribution in [0.4, 0.5) is 0 Å². The van der Waals surface area contributed by atoms with Crippen molar-refractivity contribution >= 4 is 0 Å². The van der Waals surface area contributed by atoms with Crippen LogP contribution in [0, 0.1) is 6.33 Å². The predicted molar refractivity (Wildman–Crippen MR) is 16.0 cm³/mol. The SMILES string of the molecule is O=c1[nH][c-]no1.[Y]. The van der Waals surface area contributed by atoms with Gasteiger partial charge in [0.25, 0.3) is 5.76 Å². The van der Waals surface area contributed by atoms with E-state index in [1.54, 1.807) is 0 Å². The van der Waals surface area contributed by atoms with Crippen LogP contribution in [0.1, 0.15) is 0 Å². The van der Waals surface area contributed by atoms with Gasteiger partial charge in [-0.3, -0.25) is 0 Å². The molecule has 5 heteroatoms. The van der Waals surface area contributed by atoms with Gasteiger partial charge in [0.05, 0.1) is 0 Å². The first-order valence-electron chi connectivity index (χ1n) is 1.31. The minimum Gasteiger partial charge on any atom is -0.442 e. The topological polar surface area (TPSA) is 58.9 Å². The van der Waals surface area contributed by atoms with E-state index in [1.807, 2.05) is 4.98 Å². The van der Waals surface area contributed by atoms with Crippen LogP contribution in [0.25, 0.3) is 0 Å². The number of nitrogens with zero attached hydrogens (tertiary/aromatic N) is 1. The zero-order valence-electron chi connectivity index (χ0n) is 3.34. The molecule has 0 fully saturated rings. The molecular formula is C2HN2O2Y-. The Kier molecular flexibility index (Phi) is 3.12. The molecular weight excluding hydrogens is 173 g/mol. The molecule has 0 saturated carbocycles. The van der Waals surface area contributed by atoms with Crippen LogP contribution in [-0.4, -0.2) is 10.1 Å². The maximum absolute atomic E-state index is 9.75. The molecule has 1 radical (unpaired) electrons. The van der Waals surface area contributed by atoms with E-state index in [0.717, 1.165) is 0 Å². The average molecular weight is 174 g/mol. The van der Waals surface area contributed by atoms with Crippen molar-refractivity contribution in [3.63, 3.8) is 0 Å². The van der Waals surface area contributed by atoms with E-state index in [0.29, 0.717) is 0 Å². The number of nitrogens with one attached hydrogen (secondary N) is 1. The summed E-state index contributed by atoms with van der Waals surface area (Å²) in [6.45, 7) is 0. The summed E-state index contributed by atoms with van der Waals surface area (Å²) >= 11 is 0. The summed E-state index contributed by atoms with van der Waals surface area (Å²) in [6, 6.07) is 0. The van der Waals surface area contributed by atoms with Crippen LogP contribution in [0.2, 0.25) is 0 Å². The van der Waals surface area contributed by atoms with Gasteiger partial charge in [0.1, 0.15) is 0 Å². The molecule has 1 aromatic rings. The standard InChI is InChI=1S/C2HN2O2.Y/c5-2-3-1-4-6-2;/h(H,3,4,5);/q-1;. The first-order chi connectivity index (χ1) is 2.89. The molecule has 1 aromatic heterocycles. The van der Waals surface area contributed by atoms with Crippen molar-refractivity contribution in [2.45, 2.75) is 0 Å². The Balaban J connectivity index is 0.000000360. The van der Waals surface area contributed by atoms with E-state index >= 15 is 0 Å². The molecule has 35 valence electrons. The largest absolute Gasteiger partial charge is 0.442 e. The van der Waals surface area contributed by atoms with Crippen molar-refractivity contribution in [3.8, 4) is 0 Å². The molecule has 4 nitrogen and oxygen atoms in total. The maximum Gasteiger partial charge on any atom is 0.272 e. The molecule has 0 atom stereocenters. The number of rotatable bonds is 0. The maximum atomic E-state index is 9.75. The number of hydrogen-bond donors (Lipinski definition) is 1. The van der Waals surface area contributed by atoms with Crippen molar-refractivity contribution in [2.24, 2.45) is 0 Å². The summed E-state index contributed by atoms with van der Waals surface area (Å²) in [6.07, 6.45) is 2.08. The molecule has 0 aromatic carbocycles. The number of hydrogen-bond acceptors (Lipinski definition) is 3. The fourth-order valence-electron chi connectivity index (χ4n) is 0.156. The number of H-pyrrole nitrogens is 1. The van der Waals surface area contributed by atoms with Crippen molar-refractivity contribution in [1.82, 2.24) is 10.1 Å². The van der Waals surface area contributed by atoms with Gasteiger partial charge in [0.2, 0.25) is 0 Å². The van der Waals surface area contributed by atoms with Crippen LogP contribution in [-0.2, 0) is 32.7 Å². The Bertz CT molecular complexity index is 151. The minimum absolute atomic E-state index is 0. The first-order valence-corrected chi connectivity index (χ1v) is 1.31. The van der Waals surface area contributed by atoms with Crippen molar-refractivity contribution in [1.29, 1.82) is 0 Å². The van der Waals surface area contributed by atoms with Crippen molar-refractivity contribution in [2.75, 3.05) is 0 Å². The molecule has 1 heterocycles. The Morgan fingerprint density at radius 1 is 1.86 bits per heavy atom. The summed E-state index contributed by atoms with van der Waals surface area (Å²) < 4.78 is 3.92. The monoisotopic (exact) mass is 174 g/mol. The zero-order chi connectivity index (χ0) is 4.41. The normalized spacial score (nSPS) is 7.43. The molecule has 7 heavy (non-hydrogen) atoms. The first kappa shape index (κ1) is 7.04. The van der Waals surface area contributed by atoms with Gasteiger partial charge >= 0.3 is 0 Å². The third-order valence-corrected chi connectivity index (χ3v) is 0.332. The molecule has 0 bridgehead atoms. The minimum atomic E-state index is -0.574. The number of aromatic amines is 1. The fourth-order valence-corrected chi connectivity index (χ4v) is 0.156. The second-order valence-electron chi connectivity index (χ2n) is 0.707. The van der Waals surface area contributed by atoms with Gasteiger partial charge in [-0.15, -0.1) is 0 Å². The van der Waals surface area contributed by atoms with E-state index in [9.17, 15) is 4.79 Å². The molecule has 1 rings (SSSR count). The molecule has 0 aliphatic carbocycles. The van der Waals surface area contributed by atoms with Crippen LogP contribution in [0.15, 0.2) is 9.32 Å². The fraction of sp³-hybridized carbons (Fsp3) is 0. The molecule has 0 amide bonds. The Morgan fingerprint density at radius 3 is 2.71 bits per heavy atom. The predicted octanol–water partition coefficient (Wildman–Crippen LogP) is -0.839. The van der Waals surface area contributed by atoms with E-state index in [-0.39, 0.29) is 32.7 Å². The van der Waals surface area contributed by atoms with Crippen LogP contribution in [0.3, 0.4) is 0 Å². The Hall–Kier alpha value is 0.0439. The van der Waals surface area contributed by atoms with Gasteiger partial charge in [-0.25, -0.2) is 0 Å². The Morgan fingerprint density at radius 2 is 2.57 bits per heavy atom. The summed E-state index contributed by atoms with van der Waals surface area (Å²) in [5.74, 6) is -0.574. The quantitative estimate of drug-likeness (QED) is 0.521. The van der Waals surface area contributed by atoms with Gasteiger partial charge in [0.15, 0.2) is 0 Å². The van der Waals surface area contributed by atoms with Crippen molar-refractivity contribution in [3.05, 3.63) is 16.9 Å². The van der Waals surface area contributed by atoms with E-state index in [1.165, 1.54) is 0 Å². The van der Waals surface area contributed by atoms with Gasteiger partial charge < -0.3 is 14.3 Å². The average Bonchev–Trinajstić information content (AvgIpc) is 1.86. The third kappa shape index (κ3) is 1.99. The molecule has 0 aliphatic rings. The van der Waals surface area contributed by atoms with Crippen LogP contribution < -0.4 is 5.76 Å². The van der Waals surface area contributed by atoms with Crippen LogP contribution >= 0.6 is 0 Å². The molecule has 0 saturated heterocycles. The zero-order valence-corrected chi connectivity index (χ0v) is 6.18. The summed E-state index contributed by atoms with van der Waals surface area (Å²) in [4.78, 5) is 11.8. The summed E-state index contributed by atoms with van der Waals surface area (Å²) in [7, 11) is 0. The molecule has 1 N–H and O–H groups in total. The van der Waals surface area contributed by atoms with Gasteiger partial charge in [-0.1, -0.05) is 0 Å². The Labute approximate surface area is 64.2 Å². The van der Waals surface area contributed by atoms with E-state index in [4.69, 9.17) is 0 Å². The van der Waals surface area contributed by atoms with Crippen molar-refractivity contribution < 1.29 is 37.2 Å². The second-order valence-corrected chi connectivity index (χ2v) is 0.707. The van der Waals surface area contributed by atoms with E-state index < -0.39 is 5.76 Å². The summed E-state index contributed by atoms with van der Waals surface area (Å²) in [5.41, 5.74) is 0. The van der Waals surface area contributed by atoms with Gasteiger partial charge in [-0.2, -0.15) is 5.16 Å². The van der Waals surface area contributed by atoms with E-state index in [2.05, 4.69) is 16.0 Å². The second kappa shape index (κ2) is 3.10. The third-order valence-electron chi connectivity index (χ3n) is 0.332. The molecule has 0 unspecified atom stereocenters. The molecule has 0 aliphatic heterocycles. The van der Waals surface area contributed by atoms with Gasteiger partial charge in [-0.05, 0) is 6.33 Å². The van der Waals surface area contributed by atoms with Crippen LogP contribution in [0.5, 0.6) is 0 Å². The summed E-state index contributed by atoms with van der Waals surface area (Å²) in [5, 5.41) is 2.95.